The Kier molecular flexibility index (Phi) is 7.31. The van der Waals surface area contributed by atoms with Crippen LogP contribution < -0.4 is 5.32 Å². The standard InChI is InChI=1S/C17H27NO2/c1-4-5-6-15-7-9-16(10-8-15)12-17(20)18-13(2)11-14(3)19/h7-10,13-14,19H,4-6,11-12H2,1-3H3,(H,18,20). The van der Waals surface area contributed by atoms with Crippen LogP contribution in [0.1, 0.15) is 51.2 Å². The topological polar surface area (TPSA) is 49.3 Å². The van der Waals surface area contributed by atoms with E-state index in [1.54, 1.807) is 6.92 Å². The SMILES string of the molecule is CCCCc1ccc(CC(=O)NC(C)CC(C)O)cc1. The van der Waals surface area contributed by atoms with Gasteiger partial charge in [-0.25, -0.2) is 0 Å². The number of carbonyl (C=O) groups is 1. The van der Waals surface area contributed by atoms with Crippen molar-refractivity contribution in [1.29, 1.82) is 0 Å². The molecular weight excluding hydrogens is 250 g/mol. The van der Waals surface area contributed by atoms with Crippen LogP contribution in [-0.4, -0.2) is 23.2 Å². The van der Waals surface area contributed by atoms with E-state index in [-0.39, 0.29) is 18.1 Å². The van der Waals surface area contributed by atoms with Gasteiger partial charge in [-0.1, -0.05) is 37.6 Å². The quantitative estimate of drug-likeness (QED) is 0.767. The highest BCUT2D eigenvalue weighted by molar-refractivity contribution is 5.78. The molecule has 0 spiro atoms. The molecule has 0 fully saturated rings. The Morgan fingerprint density at radius 1 is 1.20 bits per heavy atom. The van der Waals surface area contributed by atoms with Gasteiger partial charge in [0.25, 0.3) is 0 Å². The molecule has 112 valence electrons. The Hall–Kier alpha value is -1.35. The highest BCUT2D eigenvalue weighted by Gasteiger charge is 2.10. The van der Waals surface area contributed by atoms with Gasteiger partial charge in [-0.3, -0.25) is 4.79 Å². The Balaban J connectivity index is 2.41. The molecule has 1 amide bonds. The van der Waals surface area contributed by atoms with Crippen molar-refractivity contribution < 1.29 is 9.90 Å². The number of nitrogens with one attached hydrogen (secondary N) is 1. The largest absolute Gasteiger partial charge is 0.393 e. The molecule has 0 heterocycles. The zero-order valence-electron chi connectivity index (χ0n) is 12.9. The number of amides is 1. The molecule has 2 N–H and O–H groups in total. The molecule has 0 radical (unpaired) electrons. The average Bonchev–Trinajstić information content (AvgIpc) is 2.36. The smallest absolute Gasteiger partial charge is 0.224 e. The van der Waals surface area contributed by atoms with Crippen molar-refractivity contribution in [3.63, 3.8) is 0 Å². The zero-order valence-corrected chi connectivity index (χ0v) is 12.9. The number of aliphatic hydroxyl groups is 1. The number of rotatable bonds is 8. The minimum Gasteiger partial charge on any atom is -0.393 e. The van der Waals surface area contributed by atoms with Crippen molar-refractivity contribution >= 4 is 5.91 Å². The van der Waals surface area contributed by atoms with Crippen LogP contribution in [0.4, 0.5) is 0 Å². The van der Waals surface area contributed by atoms with Crippen molar-refractivity contribution in [3.8, 4) is 0 Å². The second-order valence-corrected chi connectivity index (χ2v) is 5.65. The monoisotopic (exact) mass is 277 g/mol. The molecule has 0 aromatic heterocycles. The summed E-state index contributed by atoms with van der Waals surface area (Å²) in [6, 6.07) is 8.29. The van der Waals surface area contributed by atoms with Gasteiger partial charge in [0.05, 0.1) is 12.5 Å². The van der Waals surface area contributed by atoms with Gasteiger partial charge in [0, 0.05) is 6.04 Å². The predicted octanol–water partition coefficient (Wildman–Crippen LogP) is 2.85. The predicted molar refractivity (Wildman–Crippen MR) is 82.7 cm³/mol. The highest BCUT2D eigenvalue weighted by Crippen LogP contribution is 2.09. The van der Waals surface area contributed by atoms with E-state index < -0.39 is 0 Å². The molecule has 0 aliphatic heterocycles. The van der Waals surface area contributed by atoms with Crippen LogP contribution in [-0.2, 0) is 17.6 Å². The fraction of sp³-hybridized carbons (Fsp3) is 0.588. The molecule has 1 rings (SSSR count). The van der Waals surface area contributed by atoms with Gasteiger partial charge in [-0.05, 0) is 44.2 Å². The van der Waals surface area contributed by atoms with Crippen molar-refractivity contribution in [2.75, 3.05) is 0 Å². The molecule has 2 unspecified atom stereocenters. The van der Waals surface area contributed by atoms with Crippen molar-refractivity contribution in [1.82, 2.24) is 5.32 Å². The first-order valence-corrected chi connectivity index (χ1v) is 7.56. The van der Waals surface area contributed by atoms with Crippen LogP contribution in [0, 0.1) is 0 Å². The summed E-state index contributed by atoms with van der Waals surface area (Å²) in [6.45, 7) is 5.84. The Morgan fingerprint density at radius 3 is 2.35 bits per heavy atom. The third-order valence-corrected chi connectivity index (χ3v) is 3.31. The van der Waals surface area contributed by atoms with Crippen LogP contribution in [0.25, 0.3) is 0 Å². The lowest BCUT2D eigenvalue weighted by Crippen LogP contribution is -2.35. The minimum absolute atomic E-state index is 0.00586. The van der Waals surface area contributed by atoms with E-state index in [9.17, 15) is 9.90 Å². The number of benzene rings is 1. The molecule has 3 nitrogen and oxygen atoms in total. The first-order chi connectivity index (χ1) is 9.51. The maximum atomic E-state index is 11.9. The van der Waals surface area contributed by atoms with Gasteiger partial charge in [-0.2, -0.15) is 0 Å². The molecule has 0 saturated carbocycles. The lowest BCUT2D eigenvalue weighted by atomic mass is 10.0. The van der Waals surface area contributed by atoms with Crippen LogP contribution >= 0.6 is 0 Å². The normalized spacial score (nSPS) is 13.8. The molecule has 1 aromatic carbocycles. The third-order valence-electron chi connectivity index (χ3n) is 3.31. The average molecular weight is 277 g/mol. The maximum Gasteiger partial charge on any atom is 0.224 e. The van der Waals surface area contributed by atoms with Gasteiger partial charge >= 0.3 is 0 Å². The maximum absolute atomic E-state index is 11.9. The van der Waals surface area contributed by atoms with E-state index in [0.29, 0.717) is 12.8 Å². The van der Waals surface area contributed by atoms with E-state index >= 15 is 0 Å². The molecule has 2 atom stereocenters. The second kappa shape index (κ2) is 8.75. The minimum atomic E-state index is -0.386. The van der Waals surface area contributed by atoms with Gasteiger partial charge < -0.3 is 10.4 Å². The van der Waals surface area contributed by atoms with E-state index in [2.05, 4.69) is 24.4 Å². The Labute approximate surface area is 122 Å². The lowest BCUT2D eigenvalue weighted by molar-refractivity contribution is -0.121. The Morgan fingerprint density at radius 2 is 1.80 bits per heavy atom. The molecule has 20 heavy (non-hydrogen) atoms. The molecule has 0 bridgehead atoms. The summed E-state index contributed by atoms with van der Waals surface area (Å²) in [5.41, 5.74) is 2.37. The van der Waals surface area contributed by atoms with Crippen LogP contribution in [0.3, 0.4) is 0 Å². The first-order valence-electron chi connectivity index (χ1n) is 7.56. The van der Waals surface area contributed by atoms with Crippen molar-refractivity contribution in [3.05, 3.63) is 35.4 Å². The molecule has 0 saturated heterocycles. The number of hydrogen-bond acceptors (Lipinski definition) is 2. The fourth-order valence-corrected chi connectivity index (χ4v) is 2.29. The number of unbranched alkanes of at least 4 members (excludes halogenated alkanes) is 1. The van der Waals surface area contributed by atoms with Crippen molar-refractivity contribution in [2.24, 2.45) is 0 Å². The summed E-state index contributed by atoms with van der Waals surface area (Å²) < 4.78 is 0. The fourth-order valence-electron chi connectivity index (χ4n) is 2.29. The van der Waals surface area contributed by atoms with Crippen LogP contribution in [0.2, 0.25) is 0 Å². The molecule has 0 aliphatic carbocycles. The summed E-state index contributed by atoms with van der Waals surface area (Å²) >= 11 is 0. The van der Waals surface area contributed by atoms with E-state index in [1.165, 1.54) is 18.4 Å². The summed E-state index contributed by atoms with van der Waals surface area (Å²) in [5.74, 6) is 0.0134. The summed E-state index contributed by atoms with van der Waals surface area (Å²) in [5, 5.41) is 12.2. The van der Waals surface area contributed by atoms with E-state index in [4.69, 9.17) is 0 Å². The number of hydrogen-bond donors (Lipinski definition) is 2. The lowest BCUT2D eigenvalue weighted by Gasteiger charge is -2.15. The third kappa shape index (κ3) is 6.71. The van der Waals surface area contributed by atoms with Crippen molar-refractivity contribution in [2.45, 2.75) is 65.0 Å². The second-order valence-electron chi connectivity index (χ2n) is 5.65. The number of aliphatic hydroxyl groups excluding tert-OH is 1. The van der Waals surface area contributed by atoms with Gasteiger partial charge in [0.1, 0.15) is 0 Å². The first kappa shape index (κ1) is 16.7. The van der Waals surface area contributed by atoms with Gasteiger partial charge in [0.15, 0.2) is 0 Å². The van der Waals surface area contributed by atoms with E-state index in [0.717, 1.165) is 12.0 Å². The highest BCUT2D eigenvalue weighted by atomic mass is 16.3. The van der Waals surface area contributed by atoms with Crippen LogP contribution in [0.5, 0.6) is 0 Å². The number of aryl methyl sites for hydroxylation is 1. The van der Waals surface area contributed by atoms with Gasteiger partial charge in [-0.15, -0.1) is 0 Å². The summed E-state index contributed by atoms with van der Waals surface area (Å²) in [6.07, 6.45) is 4.11. The van der Waals surface area contributed by atoms with Gasteiger partial charge in [0.2, 0.25) is 5.91 Å². The van der Waals surface area contributed by atoms with E-state index in [1.807, 2.05) is 19.1 Å². The molecule has 1 aromatic rings. The summed E-state index contributed by atoms with van der Waals surface area (Å²) in [7, 11) is 0. The zero-order chi connectivity index (χ0) is 15.0. The molecule has 0 aliphatic rings. The number of carbonyl (C=O) groups excluding carboxylic acids is 1. The molecular formula is C17H27NO2. The summed E-state index contributed by atoms with van der Waals surface area (Å²) in [4.78, 5) is 11.9. The van der Waals surface area contributed by atoms with Crippen LogP contribution in [0.15, 0.2) is 24.3 Å². The molecule has 3 heteroatoms. The Bertz CT molecular complexity index is 398.